The third-order valence-corrected chi connectivity index (χ3v) is 6.78. The lowest BCUT2D eigenvalue weighted by Gasteiger charge is -2.32. The summed E-state index contributed by atoms with van der Waals surface area (Å²) < 4.78 is 18.0. The first-order chi connectivity index (χ1) is 17.0. The number of phenols is 2. The second-order valence-electron chi connectivity index (χ2n) is 9.14. The van der Waals surface area contributed by atoms with E-state index in [0.717, 1.165) is 59.9 Å². The Bertz CT molecular complexity index is 1210. The topological polar surface area (TPSA) is 71.4 Å². The fourth-order valence-corrected chi connectivity index (χ4v) is 4.80. The molecule has 2 aliphatic rings. The Morgan fingerprint density at radius 3 is 2.46 bits per heavy atom. The molecule has 2 atom stereocenters. The quantitative estimate of drug-likeness (QED) is 0.509. The van der Waals surface area contributed by atoms with Crippen LogP contribution >= 0.6 is 0 Å². The van der Waals surface area contributed by atoms with E-state index in [4.69, 9.17) is 14.2 Å². The highest BCUT2D eigenvalue weighted by Crippen LogP contribution is 2.47. The normalized spacial score (nSPS) is 19.1. The number of morpholine rings is 1. The van der Waals surface area contributed by atoms with Gasteiger partial charge < -0.3 is 24.4 Å². The van der Waals surface area contributed by atoms with Gasteiger partial charge in [-0.3, -0.25) is 4.90 Å². The Hall–Kier alpha value is -3.48. The predicted octanol–water partition coefficient (Wildman–Crippen LogP) is 5.26. The van der Waals surface area contributed by atoms with Gasteiger partial charge in [0, 0.05) is 30.3 Å². The molecule has 1 fully saturated rings. The summed E-state index contributed by atoms with van der Waals surface area (Å²) >= 11 is 0. The van der Waals surface area contributed by atoms with Crippen LogP contribution in [0.1, 0.15) is 36.6 Å². The second kappa shape index (κ2) is 10.0. The van der Waals surface area contributed by atoms with Crippen LogP contribution < -0.4 is 9.47 Å². The summed E-state index contributed by atoms with van der Waals surface area (Å²) in [6, 6.07) is 20.7. The first-order valence-electron chi connectivity index (χ1n) is 12.0. The zero-order valence-corrected chi connectivity index (χ0v) is 20.1. The lowest BCUT2D eigenvalue weighted by atomic mass is 9.86. The lowest BCUT2D eigenvalue weighted by molar-refractivity contribution is 0.0105. The molecule has 0 saturated carbocycles. The fraction of sp³-hybridized carbons (Fsp3) is 0.310. The van der Waals surface area contributed by atoms with Gasteiger partial charge in [0.2, 0.25) is 0 Å². The van der Waals surface area contributed by atoms with Crippen LogP contribution in [0.15, 0.2) is 66.7 Å². The summed E-state index contributed by atoms with van der Waals surface area (Å²) in [5.41, 5.74) is 4.65. The van der Waals surface area contributed by atoms with E-state index in [1.807, 2.05) is 43.3 Å². The molecule has 6 nitrogen and oxygen atoms in total. The molecule has 35 heavy (non-hydrogen) atoms. The molecule has 2 unspecified atom stereocenters. The van der Waals surface area contributed by atoms with Crippen molar-refractivity contribution >= 4 is 11.1 Å². The van der Waals surface area contributed by atoms with Gasteiger partial charge in [-0.25, -0.2) is 0 Å². The fourth-order valence-electron chi connectivity index (χ4n) is 4.80. The van der Waals surface area contributed by atoms with Gasteiger partial charge in [-0.05, 0) is 73.0 Å². The van der Waals surface area contributed by atoms with Crippen molar-refractivity contribution in [2.75, 3.05) is 32.9 Å². The minimum absolute atomic E-state index is 0.188. The number of rotatable bonds is 6. The lowest BCUT2D eigenvalue weighted by Crippen LogP contribution is -2.44. The van der Waals surface area contributed by atoms with Crippen molar-refractivity contribution in [1.82, 2.24) is 4.90 Å². The van der Waals surface area contributed by atoms with Crippen molar-refractivity contribution < 1.29 is 24.4 Å². The van der Waals surface area contributed by atoms with Gasteiger partial charge in [0.15, 0.2) is 0 Å². The summed E-state index contributed by atoms with van der Waals surface area (Å²) in [7, 11) is 0. The average Bonchev–Trinajstić information content (AvgIpc) is 2.88. The van der Waals surface area contributed by atoms with Crippen molar-refractivity contribution in [3.8, 4) is 23.0 Å². The molecule has 0 amide bonds. The van der Waals surface area contributed by atoms with Crippen molar-refractivity contribution in [2.24, 2.45) is 0 Å². The molecule has 1 saturated heterocycles. The summed E-state index contributed by atoms with van der Waals surface area (Å²) in [5, 5.41) is 20.2. The van der Waals surface area contributed by atoms with E-state index >= 15 is 0 Å². The highest BCUT2D eigenvalue weighted by Gasteiger charge is 2.29. The second-order valence-corrected chi connectivity index (χ2v) is 9.14. The highest BCUT2D eigenvalue weighted by molar-refractivity contribution is 5.95. The number of fused-ring (bicyclic) bond motifs is 1. The van der Waals surface area contributed by atoms with Gasteiger partial charge in [-0.2, -0.15) is 0 Å². The van der Waals surface area contributed by atoms with Crippen LogP contribution in [0.3, 0.4) is 0 Å². The zero-order valence-electron chi connectivity index (χ0n) is 20.1. The molecule has 5 rings (SSSR count). The van der Waals surface area contributed by atoms with E-state index in [2.05, 4.69) is 11.8 Å². The molecule has 182 valence electrons. The molecular weight excluding hydrogens is 442 g/mol. The molecule has 0 aromatic heterocycles. The average molecular weight is 474 g/mol. The predicted molar refractivity (Wildman–Crippen MR) is 136 cm³/mol. The third kappa shape index (κ3) is 4.99. The Labute approximate surface area is 206 Å². The number of nitrogens with zero attached hydrogens (tertiary/aromatic N) is 1. The minimum Gasteiger partial charge on any atom is -0.508 e. The largest absolute Gasteiger partial charge is 0.508 e. The van der Waals surface area contributed by atoms with Gasteiger partial charge >= 0.3 is 0 Å². The molecular formula is C29H31NO5. The van der Waals surface area contributed by atoms with Crippen LogP contribution in [0.2, 0.25) is 0 Å². The smallest absolute Gasteiger partial charge is 0.150 e. The van der Waals surface area contributed by atoms with Crippen LogP contribution in [0, 0.1) is 0 Å². The van der Waals surface area contributed by atoms with Gasteiger partial charge in [0.05, 0.1) is 13.2 Å². The monoisotopic (exact) mass is 473 g/mol. The highest BCUT2D eigenvalue weighted by atomic mass is 16.5. The van der Waals surface area contributed by atoms with Crippen molar-refractivity contribution in [3.05, 3.63) is 83.4 Å². The van der Waals surface area contributed by atoms with Crippen LogP contribution in [-0.4, -0.2) is 54.1 Å². The molecule has 2 N–H and O–H groups in total. The molecule has 0 aliphatic carbocycles. The summed E-state index contributed by atoms with van der Waals surface area (Å²) in [6.07, 6.45) is -0.366. The molecule has 3 aromatic carbocycles. The van der Waals surface area contributed by atoms with Crippen LogP contribution in [-0.2, 0) is 4.74 Å². The molecule has 3 aromatic rings. The molecule has 0 spiro atoms. The summed E-state index contributed by atoms with van der Waals surface area (Å²) in [5.74, 6) is 1.91. The summed E-state index contributed by atoms with van der Waals surface area (Å²) in [6.45, 7) is 8.24. The first kappa shape index (κ1) is 23.3. The molecule has 0 bridgehead atoms. The molecule has 2 aliphatic heterocycles. The number of hydrogen-bond acceptors (Lipinski definition) is 6. The standard InChI is InChI=1S/C29H31NO5/c1-19(30-12-14-33-15-13-30)18-34-25-9-6-21(7-10-25)29-28(22-4-3-5-23(31)16-22)20(2)26-17-24(32)8-11-27(26)35-29/h3-11,16-17,19,29,31-32H,12-15,18H2,1-2H3. The number of aromatic hydroxyl groups is 2. The van der Waals surface area contributed by atoms with Crippen molar-refractivity contribution in [1.29, 1.82) is 0 Å². The van der Waals surface area contributed by atoms with E-state index in [1.54, 1.807) is 30.3 Å². The Morgan fingerprint density at radius 2 is 1.71 bits per heavy atom. The van der Waals surface area contributed by atoms with Crippen LogP contribution in [0.4, 0.5) is 0 Å². The molecule has 2 heterocycles. The maximum atomic E-state index is 10.1. The minimum atomic E-state index is -0.366. The van der Waals surface area contributed by atoms with Crippen molar-refractivity contribution in [3.63, 3.8) is 0 Å². The van der Waals surface area contributed by atoms with Crippen molar-refractivity contribution in [2.45, 2.75) is 26.0 Å². The SMILES string of the molecule is CC1=C(c2cccc(O)c2)C(c2ccc(OCC(C)N3CCOCC3)cc2)Oc2ccc(O)cc21. The Balaban J connectivity index is 1.40. The van der Waals surface area contributed by atoms with Crippen LogP contribution in [0.25, 0.3) is 11.1 Å². The van der Waals surface area contributed by atoms with Gasteiger partial charge in [-0.1, -0.05) is 24.3 Å². The van der Waals surface area contributed by atoms with Gasteiger partial charge in [0.1, 0.15) is 35.7 Å². The summed E-state index contributed by atoms with van der Waals surface area (Å²) in [4.78, 5) is 2.39. The van der Waals surface area contributed by atoms with E-state index < -0.39 is 0 Å². The Morgan fingerprint density at radius 1 is 0.971 bits per heavy atom. The number of allylic oxidation sites excluding steroid dienone is 1. The molecule has 6 heteroatoms. The van der Waals surface area contributed by atoms with E-state index in [1.165, 1.54) is 0 Å². The number of hydrogen-bond donors (Lipinski definition) is 2. The maximum Gasteiger partial charge on any atom is 0.150 e. The first-order valence-corrected chi connectivity index (χ1v) is 12.0. The number of benzene rings is 3. The third-order valence-electron chi connectivity index (χ3n) is 6.78. The Kier molecular flexibility index (Phi) is 6.66. The zero-order chi connectivity index (χ0) is 24.4. The van der Waals surface area contributed by atoms with Gasteiger partial charge in [0.25, 0.3) is 0 Å². The molecule has 0 radical (unpaired) electrons. The van der Waals surface area contributed by atoms with Crippen LogP contribution in [0.5, 0.6) is 23.0 Å². The van der Waals surface area contributed by atoms with E-state index in [9.17, 15) is 10.2 Å². The van der Waals surface area contributed by atoms with E-state index in [-0.39, 0.29) is 17.6 Å². The maximum absolute atomic E-state index is 10.1. The van der Waals surface area contributed by atoms with E-state index in [0.29, 0.717) is 18.4 Å². The number of phenolic OH excluding ortho intramolecular Hbond substituents is 2. The van der Waals surface area contributed by atoms with Gasteiger partial charge in [-0.15, -0.1) is 0 Å². The number of ether oxygens (including phenoxy) is 3.